The lowest BCUT2D eigenvalue weighted by atomic mass is 10.1. The van der Waals surface area contributed by atoms with Crippen LogP contribution >= 0.6 is 0 Å². The molecule has 3 N–H and O–H groups in total. The summed E-state index contributed by atoms with van der Waals surface area (Å²) >= 11 is 0. The lowest BCUT2D eigenvalue weighted by Gasteiger charge is -2.22. The highest BCUT2D eigenvalue weighted by molar-refractivity contribution is 5.84. The second-order valence-corrected chi connectivity index (χ2v) is 2.81. The normalized spacial score (nSPS) is 15.0. The fourth-order valence-electron chi connectivity index (χ4n) is 1.22. The van der Waals surface area contributed by atoms with Gasteiger partial charge in [-0.25, -0.2) is 20.9 Å². The molecule has 0 atom stereocenters. The van der Waals surface area contributed by atoms with Crippen molar-refractivity contribution in [1.82, 2.24) is 10.7 Å². The molecule has 1 aromatic carbocycles. The summed E-state index contributed by atoms with van der Waals surface area (Å²) in [6.45, 7) is 0. The smallest absolute Gasteiger partial charge is 0.123 e. The molecule has 5 heteroatoms. The molecule has 4 nitrogen and oxygen atoms in total. The first kappa shape index (κ1) is 8.71. The SMILES string of the molecule is NN1NN=CC=C1c1cccc(F)c1. The molecule has 0 unspecified atom stereocenters. The summed E-state index contributed by atoms with van der Waals surface area (Å²) in [4.78, 5) is 0. The van der Waals surface area contributed by atoms with Gasteiger partial charge in [0.1, 0.15) is 5.82 Å². The van der Waals surface area contributed by atoms with Crippen molar-refractivity contribution in [2.45, 2.75) is 0 Å². The van der Waals surface area contributed by atoms with Gasteiger partial charge in [0.05, 0.1) is 11.9 Å². The largest absolute Gasteiger partial charge is 0.227 e. The summed E-state index contributed by atoms with van der Waals surface area (Å²) in [7, 11) is 0. The van der Waals surface area contributed by atoms with E-state index in [0.29, 0.717) is 11.3 Å². The summed E-state index contributed by atoms with van der Waals surface area (Å²) in [5.41, 5.74) is 3.91. The molecule has 0 fully saturated rings. The third kappa shape index (κ3) is 1.57. The van der Waals surface area contributed by atoms with Crippen molar-refractivity contribution in [3.05, 3.63) is 41.7 Å². The Morgan fingerprint density at radius 2 is 2.29 bits per heavy atom. The second kappa shape index (κ2) is 3.47. The molecule has 1 aliphatic rings. The van der Waals surface area contributed by atoms with E-state index in [1.807, 2.05) is 0 Å². The second-order valence-electron chi connectivity index (χ2n) is 2.81. The van der Waals surface area contributed by atoms with Gasteiger partial charge in [0.25, 0.3) is 0 Å². The Hall–Kier alpha value is -1.88. The summed E-state index contributed by atoms with van der Waals surface area (Å²) in [5, 5.41) is 4.94. The van der Waals surface area contributed by atoms with Crippen LogP contribution in [0.2, 0.25) is 0 Å². The third-order valence-corrected chi connectivity index (χ3v) is 1.85. The molecule has 0 saturated heterocycles. The van der Waals surface area contributed by atoms with Crippen LogP contribution in [0.15, 0.2) is 35.4 Å². The van der Waals surface area contributed by atoms with Crippen LogP contribution in [0.3, 0.4) is 0 Å². The van der Waals surface area contributed by atoms with Gasteiger partial charge in [0.15, 0.2) is 0 Å². The number of rotatable bonds is 1. The molecule has 1 aliphatic heterocycles. The van der Waals surface area contributed by atoms with Gasteiger partial charge in [-0.05, 0) is 18.2 Å². The van der Waals surface area contributed by atoms with E-state index in [0.717, 1.165) is 0 Å². The maximum atomic E-state index is 12.9. The molecular formula is C9H9FN4. The van der Waals surface area contributed by atoms with Gasteiger partial charge in [-0.2, -0.15) is 5.10 Å². The van der Waals surface area contributed by atoms with Crippen molar-refractivity contribution in [1.29, 1.82) is 0 Å². The molecule has 0 spiro atoms. The molecule has 0 radical (unpaired) electrons. The third-order valence-electron chi connectivity index (χ3n) is 1.85. The quantitative estimate of drug-likeness (QED) is 0.648. The van der Waals surface area contributed by atoms with E-state index < -0.39 is 0 Å². The van der Waals surface area contributed by atoms with Crippen molar-refractivity contribution in [2.24, 2.45) is 10.9 Å². The number of nitrogens with two attached hydrogens (primary N) is 1. The Labute approximate surface area is 80.5 Å². The molecule has 0 bridgehead atoms. The molecule has 1 aromatic rings. The van der Waals surface area contributed by atoms with Crippen molar-refractivity contribution in [3.63, 3.8) is 0 Å². The zero-order valence-corrected chi connectivity index (χ0v) is 7.31. The van der Waals surface area contributed by atoms with Crippen LogP contribution in [-0.2, 0) is 0 Å². The van der Waals surface area contributed by atoms with Crippen LogP contribution in [0.5, 0.6) is 0 Å². The number of hydrazine groups is 2. The molecule has 2 rings (SSSR count). The van der Waals surface area contributed by atoms with E-state index in [1.54, 1.807) is 24.4 Å². The van der Waals surface area contributed by atoms with Crippen molar-refractivity contribution in [3.8, 4) is 0 Å². The Morgan fingerprint density at radius 1 is 1.43 bits per heavy atom. The zero-order chi connectivity index (χ0) is 9.97. The summed E-state index contributed by atoms with van der Waals surface area (Å²) < 4.78 is 12.9. The number of halogens is 1. The van der Waals surface area contributed by atoms with Crippen LogP contribution in [0.1, 0.15) is 5.56 Å². The van der Waals surface area contributed by atoms with Gasteiger partial charge in [0.2, 0.25) is 0 Å². The number of allylic oxidation sites excluding steroid dienone is 1. The van der Waals surface area contributed by atoms with Crippen LogP contribution < -0.4 is 11.4 Å². The van der Waals surface area contributed by atoms with Gasteiger partial charge in [-0.3, -0.25) is 0 Å². The van der Waals surface area contributed by atoms with E-state index in [4.69, 9.17) is 5.84 Å². The minimum atomic E-state index is -0.292. The van der Waals surface area contributed by atoms with Crippen molar-refractivity contribution >= 4 is 11.9 Å². The lowest BCUT2D eigenvalue weighted by molar-refractivity contribution is 0.304. The minimum absolute atomic E-state index is 0.292. The number of nitrogens with one attached hydrogen (secondary N) is 1. The Balaban J connectivity index is 2.39. The van der Waals surface area contributed by atoms with E-state index in [1.165, 1.54) is 17.3 Å². The molecule has 0 saturated carbocycles. The van der Waals surface area contributed by atoms with Gasteiger partial charge in [0, 0.05) is 5.56 Å². The maximum absolute atomic E-state index is 12.9. The molecule has 14 heavy (non-hydrogen) atoms. The zero-order valence-electron chi connectivity index (χ0n) is 7.31. The van der Waals surface area contributed by atoms with Crippen LogP contribution in [-0.4, -0.2) is 11.3 Å². The highest BCUT2D eigenvalue weighted by atomic mass is 19.1. The minimum Gasteiger partial charge on any atom is -0.227 e. The van der Waals surface area contributed by atoms with Gasteiger partial charge >= 0.3 is 0 Å². The number of benzene rings is 1. The van der Waals surface area contributed by atoms with E-state index in [-0.39, 0.29) is 5.82 Å². The monoisotopic (exact) mass is 192 g/mol. The highest BCUT2D eigenvalue weighted by Crippen LogP contribution is 2.16. The molecular weight excluding hydrogens is 183 g/mol. The van der Waals surface area contributed by atoms with E-state index >= 15 is 0 Å². The van der Waals surface area contributed by atoms with Gasteiger partial charge in [-0.1, -0.05) is 12.1 Å². The summed E-state index contributed by atoms with van der Waals surface area (Å²) in [6, 6.07) is 6.20. The van der Waals surface area contributed by atoms with Crippen LogP contribution in [0.4, 0.5) is 4.39 Å². The predicted octanol–water partition coefficient (Wildman–Crippen LogP) is 0.846. The standard InChI is InChI=1S/C9H9FN4/c10-8-3-1-2-7(6-8)9-4-5-12-13-14(9)11/h1-6,13H,11H2. The first-order valence-corrected chi connectivity index (χ1v) is 4.07. The fraction of sp³-hybridized carbons (Fsp3) is 0. The Morgan fingerprint density at radius 3 is 3.00 bits per heavy atom. The summed E-state index contributed by atoms with van der Waals surface area (Å²) in [5.74, 6) is 5.29. The summed E-state index contributed by atoms with van der Waals surface area (Å²) in [6.07, 6.45) is 3.26. The van der Waals surface area contributed by atoms with Crippen molar-refractivity contribution < 1.29 is 4.39 Å². The first-order chi connectivity index (χ1) is 6.77. The lowest BCUT2D eigenvalue weighted by Crippen LogP contribution is -2.40. The number of hydrogen-bond donors (Lipinski definition) is 2. The van der Waals surface area contributed by atoms with Crippen LogP contribution in [0.25, 0.3) is 5.70 Å². The molecule has 0 aromatic heterocycles. The number of nitrogens with zero attached hydrogens (tertiary/aromatic N) is 2. The average molecular weight is 192 g/mol. The highest BCUT2D eigenvalue weighted by Gasteiger charge is 2.09. The van der Waals surface area contributed by atoms with Crippen LogP contribution in [0, 0.1) is 5.82 Å². The van der Waals surface area contributed by atoms with Crippen molar-refractivity contribution in [2.75, 3.05) is 0 Å². The fourth-order valence-corrected chi connectivity index (χ4v) is 1.22. The topological polar surface area (TPSA) is 53.6 Å². The van der Waals surface area contributed by atoms with E-state index in [9.17, 15) is 4.39 Å². The maximum Gasteiger partial charge on any atom is 0.123 e. The first-order valence-electron chi connectivity index (χ1n) is 4.07. The average Bonchev–Trinajstić information content (AvgIpc) is 2.18. The number of hydrazone groups is 1. The molecule has 1 heterocycles. The van der Waals surface area contributed by atoms with Gasteiger partial charge in [-0.15, -0.1) is 0 Å². The van der Waals surface area contributed by atoms with Gasteiger partial charge < -0.3 is 0 Å². The molecule has 72 valence electrons. The molecule has 0 amide bonds. The van der Waals surface area contributed by atoms with E-state index in [2.05, 4.69) is 10.6 Å². The Bertz CT molecular complexity index is 400. The predicted molar refractivity (Wildman–Crippen MR) is 52.0 cm³/mol. The number of hydrogen-bond acceptors (Lipinski definition) is 4. The Kier molecular flexibility index (Phi) is 2.16. The molecule has 0 aliphatic carbocycles.